The Morgan fingerprint density at radius 2 is 1.85 bits per heavy atom. The standard InChI is InChI=1S/C25H21N5O4/c1-3-21(31)29-13-16(14-29)18-12-27-30-23(24(26)32)22(28-25(18)30)15-8-10-17(11-9-15)34-20-7-5-4-6-19(20)33-2/h1,4-12,16,28H,13-14H2,2H3,(H2,26,32). The van der Waals surface area contributed by atoms with Crippen molar-refractivity contribution >= 4 is 17.5 Å². The van der Waals surface area contributed by atoms with Crippen LogP contribution >= 0.6 is 0 Å². The number of aromatic nitrogens is 3. The van der Waals surface area contributed by atoms with Crippen molar-refractivity contribution in [2.24, 2.45) is 5.73 Å². The third kappa shape index (κ3) is 3.51. The summed E-state index contributed by atoms with van der Waals surface area (Å²) in [5.41, 5.74) is 8.81. The molecule has 0 bridgehead atoms. The molecule has 34 heavy (non-hydrogen) atoms. The molecule has 1 aliphatic rings. The van der Waals surface area contributed by atoms with E-state index < -0.39 is 5.91 Å². The van der Waals surface area contributed by atoms with E-state index in [2.05, 4.69) is 16.0 Å². The third-order valence-electron chi connectivity index (χ3n) is 5.89. The average Bonchev–Trinajstić information content (AvgIpc) is 3.38. The zero-order valence-corrected chi connectivity index (χ0v) is 18.3. The van der Waals surface area contributed by atoms with E-state index >= 15 is 0 Å². The van der Waals surface area contributed by atoms with Crippen molar-refractivity contribution in [1.82, 2.24) is 19.5 Å². The smallest absolute Gasteiger partial charge is 0.298 e. The molecular formula is C25H21N5O4. The number of imidazole rings is 1. The Morgan fingerprint density at radius 3 is 2.50 bits per heavy atom. The van der Waals surface area contributed by atoms with Crippen molar-refractivity contribution in [2.45, 2.75) is 5.92 Å². The number of hydrogen-bond acceptors (Lipinski definition) is 5. The first-order chi connectivity index (χ1) is 16.5. The number of primary amides is 1. The van der Waals surface area contributed by atoms with Crippen molar-refractivity contribution in [3.8, 4) is 40.8 Å². The number of carbonyl (C=O) groups is 2. The van der Waals surface area contributed by atoms with Crippen LogP contribution < -0.4 is 15.2 Å². The molecule has 4 aromatic rings. The molecule has 0 radical (unpaired) electrons. The number of amides is 2. The lowest BCUT2D eigenvalue weighted by Gasteiger charge is -2.37. The highest BCUT2D eigenvalue weighted by Gasteiger charge is 2.34. The maximum absolute atomic E-state index is 12.3. The van der Waals surface area contributed by atoms with Crippen LogP contribution in [0.4, 0.5) is 0 Å². The quantitative estimate of drug-likeness (QED) is 0.434. The monoisotopic (exact) mass is 455 g/mol. The molecule has 9 nitrogen and oxygen atoms in total. The van der Waals surface area contributed by atoms with Gasteiger partial charge in [0, 0.05) is 30.1 Å². The number of benzene rings is 2. The Kier molecular flexibility index (Phi) is 5.18. The van der Waals surface area contributed by atoms with E-state index in [-0.39, 0.29) is 17.5 Å². The fraction of sp³-hybridized carbons (Fsp3) is 0.160. The molecule has 1 aliphatic heterocycles. The molecule has 0 unspecified atom stereocenters. The van der Waals surface area contributed by atoms with Gasteiger partial charge in [-0.3, -0.25) is 9.59 Å². The maximum atomic E-state index is 12.3. The Labute approximate surface area is 195 Å². The normalized spacial score (nSPS) is 13.4. The predicted octanol–water partition coefficient (Wildman–Crippen LogP) is 2.79. The minimum absolute atomic E-state index is 0.0682. The van der Waals surface area contributed by atoms with Gasteiger partial charge in [-0.15, -0.1) is 6.42 Å². The number of aromatic amines is 1. The van der Waals surface area contributed by atoms with Gasteiger partial charge in [-0.25, -0.2) is 4.52 Å². The third-order valence-corrected chi connectivity index (χ3v) is 5.89. The maximum Gasteiger partial charge on any atom is 0.298 e. The molecule has 0 spiro atoms. The summed E-state index contributed by atoms with van der Waals surface area (Å²) >= 11 is 0. The van der Waals surface area contributed by atoms with Crippen molar-refractivity contribution in [1.29, 1.82) is 0 Å². The summed E-state index contributed by atoms with van der Waals surface area (Å²) in [6.07, 6.45) is 6.88. The Bertz CT molecular complexity index is 1440. The van der Waals surface area contributed by atoms with Gasteiger partial charge in [0.15, 0.2) is 17.2 Å². The van der Waals surface area contributed by atoms with E-state index in [9.17, 15) is 9.59 Å². The van der Waals surface area contributed by atoms with Gasteiger partial charge >= 0.3 is 0 Å². The fourth-order valence-corrected chi connectivity index (χ4v) is 4.13. The molecule has 3 N–H and O–H groups in total. The number of fused-ring (bicyclic) bond motifs is 1. The molecule has 3 heterocycles. The van der Waals surface area contributed by atoms with Gasteiger partial charge in [-0.1, -0.05) is 12.1 Å². The van der Waals surface area contributed by atoms with Gasteiger partial charge in [0.1, 0.15) is 11.4 Å². The van der Waals surface area contributed by atoms with Gasteiger partial charge in [-0.2, -0.15) is 5.10 Å². The molecule has 2 aromatic carbocycles. The van der Waals surface area contributed by atoms with Crippen molar-refractivity contribution in [3.63, 3.8) is 0 Å². The molecular weight excluding hydrogens is 434 g/mol. The van der Waals surface area contributed by atoms with Gasteiger partial charge in [0.05, 0.1) is 19.0 Å². The minimum Gasteiger partial charge on any atom is -0.493 e. The summed E-state index contributed by atoms with van der Waals surface area (Å²) in [5, 5.41) is 4.37. The lowest BCUT2D eigenvalue weighted by molar-refractivity contribution is -0.129. The number of rotatable bonds is 6. The van der Waals surface area contributed by atoms with Crippen LogP contribution in [0.5, 0.6) is 17.2 Å². The van der Waals surface area contributed by atoms with E-state index in [4.69, 9.17) is 21.6 Å². The van der Waals surface area contributed by atoms with E-state index in [0.29, 0.717) is 41.7 Å². The zero-order chi connectivity index (χ0) is 23.8. The number of terminal acetylenes is 1. The number of likely N-dealkylation sites (tertiary alicyclic amines) is 1. The molecule has 1 saturated heterocycles. The van der Waals surface area contributed by atoms with Crippen molar-refractivity contribution in [2.75, 3.05) is 20.2 Å². The number of nitrogens with one attached hydrogen (secondary N) is 1. The van der Waals surface area contributed by atoms with Crippen molar-refractivity contribution in [3.05, 3.63) is 66.0 Å². The van der Waals surface area contributed by atoms with Crippen molar-refractivity contribution < 1.29 is 19.1 Å². The molecule has 170 valence electrons. The minimum atomic E-state index is -0.608. The van der Waals surface area contributed by atoms with Gasteiger partial charge in [0.25, 0.3) is 11.8 Å². The molecule has 1 fully saturated rings. The highest BCUT2D eigenvalue weighted by Crippen LogP contribution is 2.35. The van der Waals surface area contributed by atoms with Gasteiger partial charge in [-0.05, 0) is 42.3 Å². The topological polar surface area (TPSA) is 115 Å². The largest absolute Gasteiger partial charge is 0.493 e. The molecule has 9 heteroatoms. The van der Waals surface area contributed by atoms with E-state index in [0.717, 1.165) is 11.1 Å². The number of hydrogen-bond donors (Lipinski definition) is 2. The zero-order valence-electron chi connectivity index (χ0n) is 18.3. The number of ether oxygens (including phenoxy) is 2. The SMILES string of the molecule is C#CC(=O)N1CC(c2cnn3c(C(N)=O)c(-c4ccc(Oc5ccccc5OC)cc4)[nH]c23)C1. The fourth-order valence-electron chi connectivity index (χ4n) is 4.13. The van der Waals surface area contributed by atoms with Gasteiger partial charge in [0.2, 0.25) is 0 Å². The lowest BCUT2D eigenvalue weighted by atomic mass is 9.93. The number of para-hydroxylation sites is 2. The van der Waals surface area contributed by atoms with Crippen LogP contribution in [-0.2, 0) is 4.79 Å². The van der Waals surface area contributed by atoms with Crippen LogP contribution in [-0.4, -0.2) is 51.5 Å². The van der Waals surface area contributed by atoms with Crippen LogP contribution in [0.25, 0.3) is 16.9 Å². The van der Waals surface area contributed by atoms with E-state index in [1.165, 1.54) is 4.52 Å². The lowest BCUT2D eigenvalue weighted by Crippen LogP contribution is -2.47. The second kappa shape index (κ2) is 8.33. The van der Waals surface area contributed by atoms with Crippen LogP contribution in [0, 0.1) is 12.3 Å². The molecule has 5 rings (SSSR count). The first-order valence-corrected chi connectivity index (χ1v) is 10.6. The molecule has 2 amide bonds. The molecule has 0 saturated carbocycles. The average molecular weight is 455 g/mol. The Morgan fingerprint density at radius 1 is 1.15 bits per heavy atom. The first-order valence-electron chi connectivity index (χ1n) is 10.6. The highest BCUT2D eigenvalue weighted by molar-refractivity contribution is 5.98. The van der Waals surface area contributed by atoms with E-state index in [1.54, 1.807) is 30.3 Å². The summed E-state index contributed by atoms with van der Waals surface area (Å²) in [5.74, 6) is 3.08. The summed E-state index contributed by atoms with van der Waals surface area (Å²) in [7, 11) is 1.58. The number of H-pyrrole nitrogens is 1. The van der Waals surface area contributed by atoms with Crippen LogP contribution in [0.2, 0.25) is 0 Å². The first kappa shape index (κ1) is 21.2. The van der Waals surface area contributed by atoms with Gasteiger partial charge < -0.3 is 25.1 Å². The number of methoxy groups -OCH3 is 1. The Hall–Kier alpha value is -4.71. The molecule has 2 aromatic heterocycles. The summed E-state index contributed by atoms with van der Waals surface area (Å²) in [6.45, 7) is 0.999. The second-order valence-electron chi connectivity index (χ2n) is 7.90. The summed E-state index contributed by atoms with van der Waals surface area (Å²) < 4.78 is 12.8. The van der Waals surface area contributed by atoms with Crippen LogP contribution in [0.15, 0.2) is 54.7 Å². The summed E-state index contributed by atoms with van der Waals surface area (Å²) in [6, 6.07) is 14.6. The Balaban J connectivity index is 1.45. The molecule has 0 aliphatic carbocycles. The highest BCUT2D eigenvalue weighted by atomic mass is 16.5. The van der Waals surface area contributed by atoms with E-state index in [1.807, 2.05) is 36.4 Å². The predicted molar refractivity (Wildman–Crippen MR) is 125 cm³/mol. The number of carbonyl (C=O) groups excluding carboxylic acids is 2. The molecule has 0 atom stereocenters. The number of nitrogens with zero attached hydrogens (tertiary/aromatic N) is 3. The van der Waals surface area contributed by atoms with Crippen LogP contribution in [0.1, 0.15) is 22.0 Å². The second-order valence-corrected chi connectivity index (χ2v) is 7.90. The van der Waals surface area contributed by atoms with Crippen LogP contribution in [0.3, 0.4) is 0 Å². The summed E-state index contributed by atoms with van der Waals surface area (Å²) in [4.78, 5) is 28.9. The number of nitrogens with two attached hydrogens (primary N) is 1.